The summed E-state index contributed by atoms with van der Waals surface area (Å²) in [6, 6.07) is 5.88. The molecule has 0 aliphatic rings. The van der Waals surface area contributed by atoms with E-state index in [1.165, 1.54) is 0 Å². The zero-order valence-corrected chi connectivity index (χ0v) is 9.96. The second-order valence-electron chi connectivity index (χ2n) is 3.69. The topological polar surface area (TPSA) is 53.9 Å². The number of hydrogen-bond acceptors (Lipinski definition) is 5. The maximum Gasteiger partial charge on any atom is 0.149 e. The molecule has 0 amide bonds. The summed E-state index contributed by atoms with van der Waals surface area (Å²) in [5, 5.41) is 2.97. The number of pyridine rings is 1. The molecule has 2 heterocycles. The number of nitrogens with zero attached hydrogens (tertiary/aromatic N) is 4. The molecule has 1 N–H and O–H groups in total. The SMILES string of the molecule is CNc1cncc(N(C)Cc2ccccn2)n1. The zero-order chi connectivity index (χ0) is 12.1. The Balaban J connectivity index is 2.11. The summed E-state index contributed by atoms with van der Waals surface area (Å²) in [6.45, 7) is 0.711. The lowest BCUT2D eigenvalue weighted by atomic mass is 10.3. The van der Waals surface area contributed by atoms with Crippen LogP contribution in [-0.2, 0) is 6.54 Å². The molecule has 0 aliphatic carbocycles. The fraction of sp³-hybridized carbons (Fsp3) is 0.250. The number of rotatable bonds is 4. The summed E-state index contributed by atoms with van der Waals surface area (Å²) in [7, 11) is 3.80. The van der Waals surface area contributed by atoms with Crippen molar-refractivity contribution in [1.29, 1.82) is 0 Å². The molecule has 2 rings (SSSR count). The molecule has 0 fully saturated rings. The third-order valence-electron chi connectivity index (χ3n) is 2.39. The highest BCUT2D eigenvalue weighted by molar-refractivity contribution is 5.42. The first-order valence-electron chi connectivity index (χ1n) is 5.40. The quantitative estimate of drug-likeness (QED) is 0.862. The Morgan fingerprint density at radius 2 is 2.18 bits per heavy atom. The van der Waals surface area contributed by atoms with Crippen LogP contribution in [0.5, 0.6) is 0 Å². The Bertz CT molecular complexity index is 471. The van der Waals surface area contributed by atoms with Crippen LogP contribution in [0.1, 0.15) is 5.69 Å². The molecule has 2 aromatic rings. The standard InChI is InChI=1S/C12H15N5/c1-13-11-7-14-8-12(16-11)17(2)9-10-5-3-4-6-15-10/h3-8H,9H2,1-2H3,(H,13,16). The largest absolute Gasteiger partial charge is 0.372 e. The summed E-state index contributed by atoms with van der Waals surface area (Å²) in [5.41, 5.74) is 1.01. The highest BCUT2D eigenvalue weighted by Crippen LogP contribution is 2.12. The zero-order valence-electron chi connectivity index (χ0n) is 9.96. The maximum atomic E-state index is 4.41. The van der Waals surface area contributed by atoms with Crippen molar-refractivity contribution in [3.8, 4) is 0 Å². The van der Waals surface area contributed by atoms with Crippen molar-refractivity contribution >= 4 is 11.6 Å². The Hall–Kier alpha value is -2.17. The minimum absolute atomic E-state index is 0.711. The number of anilines is 2. The van der Waals surface area contributed by atoms with Gasteiger partial charge in [0.1, 0.15) is 11.6 Å². The summed E-state index contributed by atoms with van der Waals surface area (Å²) < 4.78 is 0. The van der Waals surface area contributed by atoms with Crippen molar-refractivity contribution < 1.29 is 0 Å². The van der Waals surface area contributed by atoms with E-state index in [0.717, 1.165) is 17.3 Å². The van der Waals surface area contributed by atoms with Crippen molar-refractivity contribution in [3.05, 3.63) is 42.5 Å². The van der Waals surface area contributed by atoms with Crippen molar-refractivity contribution in [2.45, 2.75) is 6.54 Å². The smallest absolute Gasteiger partial charge is 0.149 e. The van der Waals surface area contributed by atoms with Gasteiger partial charge in [0, 0.05) is 20.3 Å². The van der Waals surface area contributed by atoms with Crippen LogP contribution in [0, 0.1) is 0 Å². The van der Waals surface area contributed by atoms with Gasteiger partial charge in [0.25, 0.3) is 0 Å². The van der Waals surface area contributed by atoms with Crippen LogP contribution in [0.4, 0.5) is 11.6 Å². The predicted octanol–water partition coefficient (Wildman–Crippen LogP) is 1.55. The fourth-order valence-corrected chi connectivity index (χ4v) is 1.48. The van der Waals surface area contributed by atoms with E-state index in [1.807, 2.05) is 37.2 Å². The van der Waals surface area contributed by atoms with E-state index in [1.54, 1.807) is 18.6 Å². The third-order valence-corrected chi connectivity index (χ3v) is 2.39. The summed E-state index contributed by atoms with van der Waals surface area (Å²) in [5.74, 6) is 1.58. The number of aromatic nitrogens is 3. The van der Waals surface area contributed by atoms with E-state index < -0.39 is 0 Å². The molecule has 88 valence electrons. The molecule has 17 heavy (non-hydrogen) atoms. The van der Waals surface area contributed by atoms with Gasteiger partial charge in [0.15, 0.2) is 0 Å². The van der Waals surface area contributed by atoms with Crippen LogP contribution in [0.25, 0.3) is 0 Å². The van der Waals surface area contributed by atoms with E-state index in [4.69, 9.17) is 0 Å². The van der Waals surface area contributed by atoms with Crippen molar-refractivity contribution in [1.82, 2.24) is 15.0 Å². The first kappa shape index (κ1) is 11.3. The number of nitrogens with one attached hydrogen (secondary N) is 1. The third kappa shape index (κ3) is 2.90. The second kappa shape index (κ2) is 5.25. The Kier molecular flexibility index (Phi) is 3.49. The summed E-state index contributed by atoms with van der Waals surface area (Å²) in [4.78, 5) is 14.8. The summed E-state index contributed by atoms with van der Waals surface area (Å²) in [6.07, 6.45) is 5.22. The Morgan fingerprint density at radius 1 is 1.29 bits per heavy atom. The first-order chi connectivity index (χ1) is 8.29. The Labute approximate surface area is 101 Å². The van der Waals surface area contributed by atoms with Crippen LogP contribution in [-0.4, -0.2) is 29.0 Å². The van der Waals surface area contributed by atoms with E-state index in [2.05, 4.69) is 20.3 Å². The Morgan fingerprint density at radius 3 is 2.88 bits per heavy atom. The molecular weight excluding hydrogens is 214 g/mol. The molecule has 0 unspecified atom stereocenters. The van der Waals surface area contributed by atoms with Gasteiger partial charge in [0.05, 0.1) is 24.6 Å². The minimum atomic E-state index is 0.711. The predicted molar refractivity (Wildman–Crippen MR) is 67.9 cm³/mol. The van der Waals surface area contributed by atoms with Crippen molar-refractivity contribution in [2.24, 2.45) is 0 Å². The van der Waals surface area contributed by atoms with Gasteiger partial charge >= 0.3 is 0 Å². The van der Waals surface area contributed by atoms with Gasteiger partial charge in [-0.05, 0) is 12.1 Å². The molecule has 0 saturated heterocycles. The molecule has 0 radical (unpaired) electrons. The molecular formula is C12H15N5. The minimum Gasteiger partial charge on any atom is -0.372 e. The molecule has 0 atom stereocenters. The molecule has 0 aliphatic heterocycles. The maximum absolute atomic E-state index is 4.41. The molecule has 0 aromatic carbocycles. The molecule has 0 bridgehead atoms. The van der Waals surface area contributed by atoms with Gasteiger partial charge < -0.3 is 10.2 Å². The van der Waals surface area contributed by atoms with E-state index in [0.29, 0.717) is 6.54 Å². The van der Waals surface area contributed by atoms with E-state index >= 15 is 0 Å². The second-order valence-corrected chi connectivity index (χ2v) is 3.69. The number of hydrogen-bond donors (Lipinski definition) is 1. The molecule has 5 heteroatoms. The highest BCUT2D eigenvalue weighted by atomic mass is 15.2. The lowest BCUT2D eigenvalue weighted by Crippen LogP contribution is -2.18. The van der Waals surface area contributed by atoms with Crippen LogP contribution in [0.3, 0.4) is 0 Å². The van der Waals surface area contributed by atoms with Crippen LogP contribution in [0.15, 0.2) is 36.8 Å². The van der Waals surface area contributed by atoms with Gasteiger partial charge in [-0.2, -0.15) is 0 Å². The van der Waals surface area contributed by atoms with Crippen LogP contribution in [0.2, 0.25) is 0 Å². The van der Waals surface area contributed by atoms with Crippen molar-refractivity contribution in [2.75, 3.05) is 24.3 Å². The van der Waals surface area contributed by atoms with Gasteiger partial charge in [-0.25, -0.2) is 4.98 Å². The fourth-order valence-electron chi connectivity index (χ4n) is 1.48. The first-order valence-corrected chi connectivity index (χ1v) is 5.40. The average molecular weight is 229 g/mol. The van der Waals surface area contributed by atoms with Crippen molar-refractivity contribution in [3.63, 3.8) is 0 Å². The van der Waals surface area contributed by atoms with E-state index in [-0.39, 0.29) is 0 Å². The average Bonchev–Trinajstić information content (AvgIpc) is 2.40. The summed E-state index contributed by atoms with van der Waals surface area (Å²) >= 11 is 0. The van der Waals surface area contributed by atoms with Gasteiger partial charge in [-0.1, -0.05) is 6.07 Å². The molecule has 2 aromatic heterocycles. The van der Waals surface area contributed by atoms with Gasteiger partial charge in [-0.15, -0.1) is 0 Å². The van der Waals surface area contributed by atoms with Gasteiger partial charge in [0.2, 0.25) is 0 Å². The lowest BCUT2D eigenvalue weighted by Gasteiger charge is -2.17. The van der Waals surface area contributed by atoms with E-state index in [9.17, 15) is 0 Å². The molecule has 5 nitrogen and oxygen atoms in total. The lowest BCUT2D eigenvalue weighted by molar-refractivity contribution is 0.861. The van der Waals surface area contributed by atoms with Crippen LogP contribution < -0.4 is 10.2 Å². The van der Waals surface area contributed by atoms with Gasteiger partial charge in [-0.3, -0.25) is 9.97 Å². The van der Waals surface area contributed by atoms with Crippen LogP contribution >= 0.6 is 0 Å². The highest BCUT2D eigenvalue weighted by Gasteiger charge is 2.05. The normalized spacial score (nSPS) is 10.0. The molecule has 0 spiro atoms. The molecule has 0 saturated carbocycles. The monoisotopic (exact) mass is 229 g/mol.